The highest BCUT2D eigenvalue weighted by molar-refractivity contribution is 9.10. The van der Waals surface area contributed by atoms with Crippen molar-refractivity contribution >= 4 is 21.6 Å². The van der Waals surface area contributed by atoms with Gasteiger partial charge >= 0.3 is 5.69 Å². The first-order chi connectivity index (χ1) is 8.95. The molecule has 0 spiro atoms. The number of aromatic nitrogens is 2. The number of rotatable bonds is 3. The number of nitro groups is 1. The van der Waals surface area contributed by atoms with Gasteiger partial charge in [-0.2, -0.15) is 4.98 Å². The average molecular weight is 324 g/mol. The fourth-order valence-corrected chi connectivity index (χ4v) is 1.98. The van der Waals surface area contributed by atoms with Crippen molar-refractivity contribution in [3.63, 3.8) is 0 Å². The highest BCUT2D eigenvalue weighted by Crippen LogP contribution is 2.31. The van der Waals surface area contributed by atoms with Crippen molar-refractivity contribution in [2.45, 2.75) is 13.8 Å². The summed E-state index contributed by atoms with van der Waals surface area (Å²) in [5.41, 5.74) is 0.767. The van der Waals surface area contributed by atoms with Crippen LogP contribution in [-0.2, 0) is 0 Å². The molecule has 19 heavy (non-hydrogen) atoms. The predicted molar refractivity (Wildman–Crippen MR) is 72.4 cm³/mol. The van der Waals surface area contributed by atoms with Gasteiger partial charge in [0.25, 0.3) is 0 Å². The maximum atomic E-state index is 10.9. The van der Waals surface area contributed by atoms with E-state index in [1.807, 2.05) is 6.92 Å². The fraction of sp³-hybridized carbons (Fsp3) is 0.167. The van der Waals surface area contributed by atoms with Gasteiger partial charge in [-0.25, -0.2) is 4.98 Å². The monoisotopic (exact) mass is 323 g/mol. The number of ether oxygens (including phenoxy) is 1. The standard InChI is InChI=1S/C12H10BrN3O3/c1-7-3-4-9(16(17)18)10(5-7)19-12-6-11(13)14-8(2)15-12/h3-6H,1-2H3. The molecule has 6 nitrogen and oxygen atoms in total. The van der Waals surface area contributed by atoms with E-state index in [-0.39, 0.29) is 17.3 Å². The Balaban J connectivity index is 2.42. The summed E-state index contributed by atoms with van der Waals surface area (Å²) >= 11 is 3.22. The molecule has 0 unspecified atom stereocenters. The SMILES string of the molecule is Cc1ccc([N+](=O)[O-])c(Oc2cc(Br)nc(C)n2)c1. The van der Waals surface area contributed by atoms with E-state index in [0.717, 1.165) is 5.56 Å². The third-order valence-corrected chi connectivity index (χ3v) is 2.72. The fourth-order valence-electron chi connectivity index (χ4n) is 1.52. The number of halogens is 1. The van der Waals surface area contributed by atoms with E-state index in [2.05, 4.69) is 25.9 Å². The van der Waals surface area contributed by atoms with Gasteiger partial charge in [-0.1, -0.05) is 6.07 Å². The lowest BCUT2D eigenvalue weighted by Crippen LogP contribution is -1.97. The molecule has 1 aromatic carbocycles. The third kappa shape index (κ3) is 3.25. The van der Waals surface area contributed by atoms with Gasteiger partial charge in [0.05, 0.1) is 4.92 Å². The third-order valence-electron chi connectivity index (χ3n) is 2.31. The second kappa shape index (κ2) is 5.31. The minimum absolute atomic E-state index is 0.0991. The summed E-state index contributed by atoms with van der Waals surface area (Å²) in [6, 6.07) is 6.22. The summed E-state index contributed by atoms with van der Waals surface area (Å²) in [6.07, 6.45) is 0. The van der Waals surface area contributed by atoms with Crippen molar-refractivity contribution in [3.05, 3.63) is 50.4 Å². The molecule has 0 fully saturated rings. The van der Waals surface area contributed by atoms with Crippen molar-refractivity contribution in [2.24, 2.45) is 0 Å². The molecule has 0 saturated carbocycles. The Hall–Kier alpha value is -2.02. The van der Waals surface area contributed by atoms with Crippen LogP contribution >= 0.6 is 15.9 Å². The van der Waals surface area contributed by atoms with Gasteiger partial charge < -0.3 is 4.74 Å². The van der Waals surface area contributed by atoms with Crippen molar-refractivity contribution in [3.8, 4) is 11.6 Å². The van der Waals surface area contributed by atoms with Crippen LogP contribution in [0, 0.1) is 24.0 Å². The second-order valence-corrected chi connectivity index (χ2v) is 4.72. The molecule has 0 atom stereocenters. The first-order valence-corrected chi connectivity index (χ1v) is 6.19. The molecule has 0 amide bonds. The number of benzene rings is 1. The lowest BCUT2D eigenvalue weighted by Gasteiger charge is -2.07. The molecule has 0 saturated heterocycles. The molecule has 0 aliphatic carbocycles. The first-order valence-electron chi connectivity index (χ1n) is 5.40. The summed E-state index contributed by atoms with van der Waals surface area (Å²) < 4.78 is 6.05. The van der Waals surface area contributed by atoms with Crippen LogP contribution < -0.4 is 4.74 Å². The molecule has 2 rings (SSSR count). The zero-order chi connectivity index (χ0) is 14.0. The second-order valence-electron chi connectivity index (χ2n) is 3.91. The van der Waals surface area contributed by atoms with E-state index >= 15 is 0 Å². The van der Waals surface area contributed by atoms with Gasteiger partial charge in [0, 0.05) is 12.1 Å². The first kappa shape index (κ1) is 13.4. The zero-order valence-corrected chi connectivity index (χ0v) is 11.8. The molecule has 2 aromatic rings. The van der Waals surface area contributed by atoms with Crippen LogP contribution in [0.3, 0.4) is 0 Å². The molecule has 1 heterocycles. The van der Waals surface area contributed by atoms with Crippen LogP contribution in [0.1, 0.15) is 11.4 Å². The topological polar surface area (TPSA) is 78.2 Å². The minimum Gasteiger partial charge on any atom is -0.432 e. The molecule has 0 radical (unpaired) electrons. The summed E-state index contributed by atoms with van der Waals surface area (Å²) in [4.78, 5) is 18.6. The van der Waals surface area contributed by atoms with Crippen molar-refractivity contribution in [1.29, 1.82) is 0 Å². The van der Waals surface area contributed by atoms with Gasteiger partial charge in [0.15, 0.2) is 0 Å². The summed E-state index contributed by atoms with van der Waals surface area (Å²) in [6.45, 7) is 3.54. The molecule has 0 aliphatic rings. The number of aryl methyl sites for hydroxylation is 2. The molecular formula is C12H10BrN3O3. The Morgan fingerprint density at radius 2 is 2.00 bits per heavy atom. The summed E-state index contributed by atoms with van der Waals surface area (Å²) in [5.74, 6) is 0.933. The van der Waals surface area contributed by atoms with Crippen molar-refractivity contribution in [2.75, 3.05) is 0 Å². The van der Waals surface area contributed by atoms with E-state index < -0.39 is 4.92 Å². The van der Waals surface area contributed by atoms with E-state index in [9.17, 15) is 10.1 Å². The van der Waals surface area contributed by atoms with Crippen LogP contribution in [0.4, 0.5) is 5.69 Å². The van der Waals surface area contributed by atoms with Gasteiger partial charge in [-0.3, -0.25) is 10.1 Å². The van der Waals surface area contributed by atoms with Gasteiger partial charge in [0.1, 0.15) is 10.4 Å². The Morgan fingerprint density at radius 3 is 2.63 bits per heavy atom. The molecule has 98 valence electrons. The maximum absolute atomic E-state index is 10.9. The number of hydrogen-bond donors (Lipinski definition) is 0. The van der Waals surface area contributed by atoms with E-state index in [1.54, 1.807) is 25.1 Å². The molecule has 0 bridgehead atoms. The summed E-state index contributed by atoms with van der Waals surface area (Å²) in [5, 5.41) is 10.9. The van der Waals surface area contributed by atoms with Crippen molar-refractivity contribution in [1.82, 2.24) is 9.97 Å². The number of hydrogen-bond acceptors (Lipinski definition) is 5. The van der Waals surface area contributed by atoms with Crippen LogP contribution in [0.5, 0.6) is 11.6 Å². The number of nitro benzene ring substituents is 1. The Bertz CT molecular complexity index is 626. The van der Waals surface area contributed by atoms with Crippen molar-refractivity contribution < 1.29 is 9.66 Å². The quantitative estimate of drug-likeness (QED) is 0.490. The minimum atomic E-state index is -0.488. The van der Waals surface area contributed by atoms with E-state index in [1.165, 1.54) is 6.07 Å². The molecule has 7 heteroatoms. The zero-order valence-electron chi connectivity index (χ0n) is 10.3. The van der Waals surface area contributed by atoms with Gasteiger partial charge in [-0.05, 0) is 41.4 Å². The van der Waals surface area contributed by atoms with E-state index in [4.69, 9.17) is 4.74 Å². The molecule has 1 aromatic heterocycles. The Kier molecular flexibility index (Phi) is 3.75. The normalized spacial score (nSPS) is 10.3. The molecule has 0 aliphatic heterocycles. The van der Waals surface area contributed by atoms with Crippen LogP contribution in [0.25, 0.3) is 0 Å². The Morgan fingerprint density at radius 1 is 1.26 bits per heavy atom. The van der Waals surface area contributed by atoms with Crippen LogP contribution in [-0.4, -0.2) is 14.9 Å². The Labute approximate surface area is 117 Å². The highest BCUT2D eigenvalue weighted by atomic mass is 79.9. The highest BCUT2D eigenvalue weighted by Gasteiger charge is 2.16. The lowest BCUT2D eigenvalue weighted by atomic mass is 10.2. The largest absolute Gasteiger partial charge is 0.432 e. The van der Waals surface area contributed by atoms with Gasteiger partial charge in [0.2, 0.25) is 11.6 Å². The van der Waals surface area contributed by atoms with E-state index in [0.29, 0.717) is 10.4 Å². The maximum Gasteiger partial charge on any atom is 0.311 e. The molecular weight excluding hydrogens is 314 g/mol. The molecule has 0 N–H and O–H groups in total. The van der Waals surface area contributed by atoms with Crippen LogP contribution in [0.2, 0.25) is 0 Å². The van der Waals surface area contributed by atoms with Gasteiger partial charge in [-0.15, -0.1) is 0 Å². The van der Waals surface area contributed by atoms with Crippen LogP contribution in [0.15, 0.2) is 28.9 Å². The smallest absolute Gasteiger partial charge is 0.311 e. The lowest BCUT2D eigenvalue weighted by molar-refractivity contribution is -0.385. The summed E-state index contributed by atoms with van der Waals surface area (Å²) in [7, 11) is 0. The average Bonchev–Trinajstić information content (AvgIpc) is 2.26. The predicted octanol–water partition coefficient (Wildman–Crippen LogP) is 3.56. The number of nitrogens with zero attached hydrogens (tertiary/aromatic N) is 3.